The lowest BCUT2D eigenvalue weighted by molar-refractivity contribution is -0.130. The zero-order valence-electron chi connectivity index (χ0n) is 18.9. The summed E-state index contributed by atoms with van der Waals surface area (Å²) in [5, 5.41) is 3.17. The highest BCUT2D eigenvalue weighted by Crippen LogP contribution is 2.32. The van der Waals surface area contributed by atoms with Crippen LogP contribution in [0, 0.1) is 5.82 Å². The van der Waals surface area contributed by atoms with Crippen molar-refractivity contribution in [2.24, 2.45) is 0 Å². The Kier molecular flexibility index (Phi) is 5.77. The Morgan fingerprint density at radius 3 is 2.68 bits per heavy atom. The number of anilines is 1. The lowest BCUT2D eigenvalue weighted by Gasteiger charge is -2.37. The molecule has 5 rings (SSSR count). The molecule has 4 heterocycles. The van der Waals surface area contributed by atoms with Crippen molar-refractivity contribution in [3.05, 3.63) is 70.2 Å². The molecule has 0 radical (unpaired) electrons. The van der Waals surface area contributed by atoms with Crippen molar-refractivity contribution in [1.29, 1.82) is 0 Å². The van der Waals surface area contributed by atoms with E-state index in [1.165, 1.54) is 6.07 Å². The maximum Gasteiger partial charge on any atom is 0.269 e. The molecule has 34 heavy (non-hydrogen) atoms. The first-order valence-electron chi connectivity index (χ1n) is 11.5. The first-order chi connectivity index (χ1) is 16.4. The van der Waals surface area contributed by atoms with Gasteiger partial charge in [-0.1, -0.05) is 12.1 Å². The Labute approximate surface area is 195 Å². The number of nitrogens with one attached hydrogen (secondary N) is 2. The van der Waals surface area contributed by atoms with Gasteiger partial charge in [0.15, 0.2) is 0 Å². The molecule has 0 spiro atoms. The fourth-order valence-electron chi connectivity index (χ4n) is 5.08. The minimum atomic E-state index is -0.542. The van der Waals surface area contributed by atoms with Gasteiger partial charge in [0.2, 0.25) is 5.91 Å². The van der Waals surface area contributed by atoms with Crippen LogP contribution in [-0.4, -0.2) is 59.4 Å². The number of pyridine rings is 2. The Morgan fingerprint density at radius 2 is 1.97 bits per heavy atom. The number of hydrogen-bond acceptors (Lipinski definition) is 5. The number of hydrogen-bond donors (Lipinski definition) is 2. The van der Waals surface area contributed by atoms with Crippen LogP contribution in [0.4, 0.5) is 10.1 Å². The van der Waals surface area contributed by atoms with Gasteiger partial charge < -0.3 is 20.1 Å². The van der Waals surface area contributed by atoms with Gasteiger partial charge in [-0.05, 0) is 42.5 Å². The van der Waals surface area contributed by atoms with Crippen LogP contribution >= 0.6 is 0 Å². The molecule has 2 N–H and O–H groups in total. The Morgan fingerprint density at radius 1 is 1.18 bits per heavy atom. The molecule has 8 nitrogen and oxygen atoms in total. The summed E-state index contributed by atoms with van der Waals surface area (Å²) in [6.45, 7) is 2.11. The molecule has 2 aromatic heterocycles. The normalized spacial score (nSPS) is 19.1. The van der Waals surface area contributed by atoms with Crippen LogP contribution in [0.2, 0.25) is 0 Å². The van der Waals surface area contributed by atoms with Gasteiger partial charge in [0.1, 0.15) is 11.5 Å². The highest BCUT2D eigenvalue weighted by molar-refractivity contribution is 5.92. The average molecular weight is 464 g/mol. The number of benzene rings is 1. The van der Waals surface area contributed by atoms with Crippen LogP contribution in [0.15, 0.2) is 47.4 Å². The maximum absolute atomic E-state index is 14.0. The molecule has 1 aromatic carbocycles. The molecule has 9 heteroatoms. The van der Waals surface area contributed by atoms with Gasteiger partial charge in [-0.15, -0.1) is 0 Å². The summed E-state index contributed by atoms with van der Waals surface area (Å²) in [4.78, 5) is 48.2. The number of amides is 2. The molecule has 2 saturated heterocycles. The van der Waals surface area contributed by atoms with Crippen molar-refractivity contribution in [3.63, 3.8) is 0 Å². The fraction of sp³-hybridized carbons (Fsp3) is 0.360. The number of carbonyl (C=O) groups excluding carboxylic acids is 2. The van der Waals surface area contributed by atoms with Crippen molar-refractivity contribution >= 4 is 28.3 Å². The van der Waals surface area contributed by atoms with E-state index >= 15 is 0 Å². The highest BCUT2D eigenvalue weighted by atomic mass is 19.1. The van der Waals surface area contributed by atoms with E-state index in [0.29, 0.717) is 29.7 Å². The second-order valence-corrected chi connectivity index (χ2v) is 8.90. The third-order valence-electron chi connectivity index (χ3n) is 6.92. The molecular weight excluding hydrogens is 437 g/mol. The van der Waals surface area contributed by atoms with Crippen LogP contribution in [0.5, 0.6) is 0 Å². The predicted octanol–water partition coefficient (Wildman–Crippen LogP) is 2.41. The largest absolute Gasteiger partial charge is 0.370 e. The molecular formula is C25H26FN5O3. The van der Waals surface area contributed by atoms with Crippen molar-refractivity contribution in [2.75, 3.05) is 31.6 Å². The number of nitrogens with zero attached hydrogens (tertiary/aromatic N) is 3. The summed E-state index contributed by atoms with van der Waals surface area (Å²) in [6.07, 6.45) is 3.70. The number of halogens is 1. The van der Waals surface area contributed by atoms with Gasteiger partial charge in [-0.3, -0.25) is 14.4 Å². The quantitative estimate of drug-likeness (QED) is 0.619. The molecule has 2 fully saturated rings. The maximum atomic E-state index is 14.0. The molecule has 1 unspecified atom stereocenters. The highest BCUT2D eigenvalue weighted by Gasteiger charge is 2.37. The van der Waals surface area contributed by atoms with E-state index < -0.39 is 11.4 Å². The van der Waals surface area contributed by atoms with Gasteiger partial charge in [0, 0.05) is 50.8 Å². The number of H-pyrrole nitrogens is 1. The SMILES string of the molecule is CNC(=O)c1ccc(N2CCC(N3CC(c4cc5cccc(F)c5c(=O)[nH]4)CC3=O)CC2)cn1. The Balaban J connectivity index is 1.25. The summed E-state index contributed by atoms with van der Waals surface area (Å²) in [6, 6.07) is 10.1. The van der Waals surface area contributed by atoms with E-state index in [4.69, 9.17) is 0 Å². The van der Waals surface area contributed by atoms with Gasteiger partial charge in [0.25, 0.3) is 11.5 Å². The number of piperidine rings is 1. The number of carbonyl (C=O) groups is 2. The van der Waals surface area contributed by atoms with E-state index in [1.807, 2.05) is 11.0 Å². The first-order valence-corrected chi connectivity index (χ1v) is 11.5. The third kappa shape index (κ3) is 4.02. The number of aromatic amines is 1. The molecule has 0 saturated carbocycles. The van der Waals surface area contributed by atoms with Crippen molar-refractivity contribution in [3.8, 4) is 0 Å². The topological polar surface area (TPSA) is 98.4 Å². The van der Waals surface area contributed by atoms with Gasteiger partial charge in [-0.2, -0.15) is 0 Å². The lowest BCUT2D eigenvalue weighted by atomic mass is 10.0. The van der Waals surface area contributed by atoms with Crippen LogP contribution in [0.25, 0.3) is 10.8 Å². The second kappa shape index (κ2) is 8.89. The summed E-state index contributed by atoms with van der Waals surface area (Å²) in [5.74, 6) is -0.794. The Hall–Kier alpha value is -3.75. The minimum absolute atomic E-state index is 0.0534. The van der Waals surface area contributed by atoms with Crippen molar-refractivity contribution in [1.82, 2.24) is 20.2 Å². The predicted molar refractivity (Wildman–Crippen MR) is 126 cm³/mol. The molecule has 0 aliphatic carbocycles. The molecule has 2 aliphatic heterocycles. The molecule has 176 valence electrons. The average Bonchev–Trinajstić information content (AvgIpc) is 3.25. The third-order valence-corrected chi connectivity index (χ3v) is 6.92. The minimum Gasteiger partial charge on any atom is -0.370 e. The zero-order chi connectivity index (χ0) is 23.8. The Bertz CT molecular complexity index is 1300. The molecule has 2 aliphatic rings. The summed E-state index contributed by atoms with van der Waals surface area (Å²) in [7, 11) is 1.57. The second-order valence-electron chi connectivity index (χ2n) is 8.90. The molecule has 0 bridgehead atoms. The summed E-state index contributed by atoms with van der Waals surface area (Å²) in [5.41, 5.74) is 1.56. The van der Waals surface area contributed by atoms with E-state index in [1.54, 1.807) is 37.5 Å². The van der Waals surface area contributed by atoms with Crippen LogP contribution < -0.4 is 15.8 Å². The number of likely N-dealkylation sites (tertiary alicyclic amines) is 1. The van der Waals surface area contributed by atoms with E-state index in [0.717, 1.165) is 31.6 Å². The van der Waals surface area contributed by atoms with E-state index in [2.05, 4.69) is 20.2 Å². The molecule has 2 amide bonds. The first kappa shape index (κ1) is 22.1. The van der Waals surface area contributed by atoms with Gasteiger partial charge in [-0.25, -0.2) is 9.37 Å². The lowest BCUT2D eigenvalue weighted by Crippen LogP contribution is -2.45. The zero-order valence-corrected chi connectivity index (χ0v) is 18.9. The number of fused-ring (bicyclic) bond motifs is 1. The van der Waals surface area contributed by atoms with Crippen molar-refractivity contribution in [2.45, 2.75) is 31.2 Å². The van der Waals surface area contributed by atoms with E-state index in [9.17, 15) is 18.8 Å². The smallest absolute Gasteiger partial charge is 0.269 e. The fourth-order valence-corrected chi connectivity index (χ4v) is 5.08. The van der Waals surface area contributed by atoms with Gasteiger partial charge in [0.05, 0.1) is 17.3 Å². The molecule has 3 aromatic rings. The standard InChI is InChI=1S/C25H26FN5O3/c1-27-24(33)20-6-5-18(13-28-20)30-9-7-17(8-10-30)31-14-16(12-22(31)32)21-11-15-3-2-4-19(26)23(15)25(34)29-21/h2-6,11,13,16-17H,7-10,12,14H2,1H3,(H,27,33)(H,29,34). The summed E-state index contributed by atoms with van der Waals surface area (Å²) < 4.78 is 14.0. The van der Waals surface area contributed by atoms with Crippen LogP contribution in [0.1, 0.15) is 41.4 Å². The van der Waals surface area contributed by atoms with E-state index in [-0.39, 0.29) is 29.2 Å². The molecule has 1 atom stereocenters. The summed E-state index contributed by atoms with van der Waals surface area (Å²) >= 11 is 0. The van der Waals surface area contributed by atoms with Crippen LogP contribution in [-0.2, 0) is 4.79 Å². The number of aromatic nitrogens is 2. The van der Waals surface area contributed by atoms with Gasteiger partial charge >= 0.3 is 0 Å². The van der Waals surface area contributed by atoms with Crippen LogP contribution in [0.3, 0.4) is 0 Å². The monoisotopic (exact) mass is 463 g/mol. The van der Waals surface area contributed by atoms with Crippen molar-refractivity contribution < 1.29 is 14.0 Å². The number of rotatable bonds is 4.